The predicted octanol–water partition coefficient (Wildman–Crippen LogP) is 5.64. The zero-order chi connectivity index (χ0) is 25.4. The van der Waals surface area contributed by atoms with Crippen molar-refractivity contribution in [3.63, 3.8) is 0 Å². The molecule has 3 aromatic carbocycles. The third-order valence-electron chi connectivity index (χ3n) is 6.07. The minimum absolute atomic E-state index is 0.0169. The van der Waals surface area contributed by atoms with Gasteiger partial charge in [-0.2, -0.15) is 0 Å². The molecule has 1 aliphatic rings. The maximum Gasteiger partial charge on any atom is 0.301 e. The first-order chi connectivity index (χ1) is 17.4. The number of aryl methyl sites for hydroxylation is 1. The predicted molar refractivity (Wildman–Crippen MR) is 140 cm³/mol. The van der Waals surface area contributed by atoms with Crippen molar-refractivity contribution in [1.29, 1.82) is 0 Å². The van der Waals surface area contributed by atoms with Crippen LogP contribution in [-0.2, 0) is 9.59 Å². The van der Waals surface area contributed by atoms with E-state index in [9.17, 15) is 14.7 Å². The van der Waals surface area contributed by atoms with Crippen LogP contribution in [0.25, 0.3) is 16.0 Å². The van der Waals surface area contributed by atoms with Gasteiger partial charge in [0.25, 0.3) is 5.78 Å². The lowest BCUT2D eigenvalue weighted by atomic mass is 9.95. The molecule has 0 unspecified atom stereocenters. The molecule has 1 fully saturated rings. The number of carbonyl (C=O) groups is 2. The lowest BCUT2D eigenvalue weighted by Gasteiger charge is -2.23. The Morgan fingerprint density at radius 3 is 2.39 bits per heavy atom. The van der Waals surface area contributed by atoms with Gasteiger partial charge >= 0.3 is 5.91 Å². The largest absolute Gasteiger partial charge is 0.507 e. The number of hydrogen-bond donors (Lipinski definition) is 1. The van der Waals surface area contributed by atoms with Crippen molar-refractivity contribution >= 4 is 44.1 Å². The standard InChI is InChI=1S/C28H24N2O5S/c1-4-35-20-13-14-21-22(15-20)36-28(29-21)30-24(17-7-5-16(2)6-8-17)23(26(32)27(30)33)25(31)18-9-11-19(34-3)12-10-18/h5-15,24,31H,4H2,1-3H3/b25-23+/t24-/m0/s1. The number of methoxy groups -OCH3 is 1. The molecule has 1 aliphatic heterocycles. The molecule has 0 saturated carbocycles. The minimum Gasteiger partial charge on any atom is -0.507 e. The van der Waals surface area contributed by atoms with E-state index >= 15 is 0 Å². The second-order valence-electron chi connectivity index (χ2n) is 8.37. The summed E-state index contributed by atoms with van der Waals surface area (Å²) in [7, 11) is 1.55. The van der Waals surface area contributed by atoms with Crippen molar-refractivity contribution in [3.8, 4) is 11.5 Å². The Morgan fingerprint density at radius 1 is 1.03 bits per heavy atom. The topological polar surface area (TPSA) is 89.0 Å². The van der Waals surface area contributed by atoms with Crippen LogP contribution in [0.3, 0.4) is 0 Å². The molecule has 0 radical (unpaired) electrons. The molecule has 182 valence electrons. The summed E-state index contributed by atoms with van der Waals surface area (Å²) in [5.41, 5.74) is 2.86. The summed E-state index contributed by atoms with van der Waals surface area (Å²) in [6.07, 6.45) is 0. The molecule has 0 aliphatic carbocycles. The van der Waals surface area contributed by atoms with Crippen molar-refractivity contribution in [2.24, 2.45) is 0 Å². The highest BCUT2D eigenvalue weighted by Gasteiger charge is 2.48. The molecule has 1 saturated heterocycles. The molecule has 1 N–H and O–H groups in total. The second kappa shape index (κ2) is 9.47. The van der Waals surface area contributed by atoms with Crippen molar-refractivity contribution in [2.75, 3.05) is 18.6 Å². The number of ketones is 1. The molecule has 1 aromatic heterocycles. The Kier molecular flexibility index (Phi) is 6.20. The molecular formula is C28H24N2O5S. The number of rotatable bonds is 6. The molecule has 5 rings (SSSR count). The molecule has 8 heteroatoms. The number of nitrogens with zero attached hydrogens (tertiary/aromatic N) is 2. The molecule has 7 nitrogen and oxygen atoms in total. The van der Waals surface area contributed by atoms with Crippen LogP contribution in [0.1, 0.15) is 29.7 Å². The Bertz CT molecular complexity index is 1490. The Morgan fingerprint density at radius 2 is 1.72 bits per heavy atom. The van der Waals surface area contributed by atoms with Crippen LogP contribution in [0.15, 0.2) is 72.3 Å². The molecule has 0 spiro atoms. The number of aromatic nitrogens is 1. The van der Waals surface area contributed by atoms with Crippen LogP contribution in [0.4, 0.5) is 5.13 Å². The fraction of sp³-hybridized carbons (Fsp3) is 0.179. The highest BCUT2D eigenvalue weighted by molar-refractivity contribution is 7.22. The van der Waals surface area contributed by atoms with Crippen LogP contribution in [0.5, 0.6) is 11.5 Å². The summed E-state index contributed by atoms with van der Waals surface area (Å²) >= 11 is 1.30. The average molecular weight is 501 g/mol. The number of ether oxygens (including phenoxy) is 2. The molecule has 1 amide bonds. The highest BCUT2D eigenvalue weighted by Crippen LogP contribution is 2.44. The Hall–Kier alpha value is -4.17. The monoisotopic (exact) mass is 500 g/mol. The quantitative estimate of drug-likeness (QED) is 0.209. The fourth-order valence-corrected chi connectivity index (χ4v) is 5.27. The van der Waals surface area contributed by atoms with E-state index in [0.29, 0.717) is 39.9 Å². The van der Waals surface area contributed by atoms with Gasteiger partial charge in [0, 0.05) is 5.56 Å². The Balaban J connectivity index is 1.67. The molecule has 1 atom stereocenters. The number of Topliss-reactive ketones (excluding diaryl/α,β-unsaturated/α-hetero) is 1. The van der Waals surface area contributed by atoms with E-state index in [-0.39, 0.29) is 11.3 Å². The Labute approximate surface area is 212 Å². The van der Waals surface area contributed by atoms with Crippen molar-refractivity contribution in [1.82, 2.24) is 4.98 Å². The van der Waals surface area contributed by atoms with Crippen LogP contribution in [0.2, 0.25) is 0 Å². The number of carbonyl (C=O) groups excluding carboxylic acids is 2. The highest BCUT2D eigenvalue weighted by atomic mass is 32.1. The first-order valence-electron chi connectivity index (χ1n) is 11.5. The van der Waals surface area contributed by atoms with Gasteiger partial charge in [-0.15, -0.1) is 0 Å². The summed E-state index contributed by atoms with van der Waals surface area (Å²) < 4.78 is 11.6. The number of benzene rings is 3. The van der Waals surface area contributed by atoms with Crippen LogP contribution >= 0.6 is 11.3 Å². The summed E-state index contributed by atoms with van der Waals surface area (Å²) in [4.78, 5) is 32.8. The zero-order valence-corrected chi connectivity index (χ0v) is 20.8. The number of hydrogen-bond acceptors (Lipinski definition) is 7. The van der Waals surface area contributed by atoms with E-state index in [2.05, 4.69) is 4.98 Å². The van der Waals surface area contributed by atoms with Crippen LogP contribution in [-0.4, -0.2) is 35.5 Å². The third-order valence-corrected chi connectivity index (χ3v) is 7.08. The molecule has 2 heterocycles. The van der Waals surface area contributed by atoms with Gasteiger partial charge in [-0.05, 0) is 61.9 Å². The van der Waals surface area contributed by atoms with Crippen molar-refractivity contribution in [2.45, 2.75) is 19.9 Å². The molecule has 36 heavy (non-hydrogen) atoms. The van der Waals surface area contributed by atoms with Gasteiger partial charge < -0.3 is 14.6 Å². The lowest BCUT2D eigenvalue weighted by Crippen LogP contribution is -2.29. The van der Waals surface area contributed by atoms with Gasteiger partial charge in [0.05, 0.1) is 35.5 Å². The first-order valence-corrected chi connectivity index (χ1v) is 12.3. The number of aliphatic hydroxyl groups is 1. The third kappa shape index (κ3) is 4.09. The zero-order valence-electron chi connectivity index (χ0n) is 20.0. The van der Waals surface area contributed by atoms with Crippen LogP contribution < -0.4 is 14.4 Å². The normalized spacial score (nSPS) is 17.1. The van der Waals surface area contributed by atoms with E-state index in [1.807, 2.05) is 56.3 Å². The van der Waals surface area contributed by atoms with Crippen molar-refractivity contribution < 1.29 is 24.2 Å². The smallest absolute Gasteiger partial charge is 0.301 e. The van der Waals surface area contributed by atoms with E-state index in [4.69, 9.17) is 9.47 Å². The van der Waals surface area contributed by atoms with Crippen molar-refractivity contribution in [3.05, 3.63) is 89.0 Å². The van der Waals surface area contributed by atoms with E-state index in [1.165, 1.54) is 16.2 Å². The summed E-state index contributed by atoms with van der Waals surface area (Å²) in [5.74, 6) is -0.425. The first kappa shape index (κ1) is 23.6. The number of fused-ring (bicyclic) bond motifs is 1. The summed E-state index contributed by atoms with van der Waals surface area (Å²) in [5, 5.41) is 11.6. The van der Waals surface area contributed by atoms with Gasteiger partial charge in [0.2, 0.25) is 0 Å². The molecule has 0 bridgehead atoms. The second-order valence-corrected chi connectivity index (χ2v) is 9.38. The van der Waals surface area contributed by atoms with E-state index in [1.54, 1.807) is 31.4 Å². The molecule has 4 aromatic rings. The summed E-state index contributed by atoms with van der Waals surface area (Å²) in [6.45, 7) is 4.40. The van der Waals surface area contributed by atoms with Gasteiger partial charge in [-0.25, -0.2) is 4.98 Å². The van der Waals surface area contributed by atoms with Gasteiger partial charge in [0.1, 0.15) is 17.3 Å². The maximum absolute atomic E-state index is 13.4. The average Bonchev–Trinajstić information content (AvgIpc) is 3.42. The fourth-order valence-electron chi connectivity index (χ4n) is 4.25. The SMILES string of the molecule is CCOc1ccc2nc(N3C(=O)C(=O)/C(=C(/O)c4ccc(OC)cc4)[C@@H]3c3ccc(C)cc3)sc2c1. The number of anilines is 1. The number of aliphatic hydroxyl groups excluding tert-OH is 1. The van der Waals surface area contributed by atoms with Gasteiger partial charge in [-0.3, -0.25) is 14.5 Å². The number of thiazole rings is 1. The van der Waals surface area contributed by atoms with Crippen LogP contribution in [0, 0.1) is 6.92 Å². The van der Waals surface area contributed by atoms with Gasteiger partial charge in [0.15, 0.2) is 5.13 Å². The lowest BCUT2D eigenvalue weighted by molar-refractivity contribution is -0.132. The van der Waals surface area contributed by atoms with E-state index in [0.717, 1.165) is 10.3 Å². The summed E-state index contributed by atoms with van der Waals surface area (Å²) in [6, 6.07) is 18.9. The minimum atomic E-state index is -0.834. The molecular weight excluding hydrogens is 476 g/mol. The number of amides is 1. The van der Waals surface area contributed by atoms with E-state index < -0.39 is 17.7 Å². The van der Waals surface area contributed by atoms with Gasteiger partial charge in [-0.1, -0.05) is 41.2 Å². The maximum atomic E-state index is 13.4.